The Kier molecular flexibility index (Phi) is 7.33. The van der Waals surface area contributed by atoms with E-state index >= 15 is 0 Å². The van der Waals surface area contributed by atoms with E-state index in [0.29, 0.717) is 22.1 Å². The van der Waals surface area contributed by atoms with E-state index in [2.05, 4.69) is 11.4 Å². The number of carbonyl (C=O) groups excluding carboxylic acids is 3. The first-order valence-corrected chi connectivity index (χ1v) is 11.7. The third-order valence-electron chi connectivity index (χ3n) is 5.40. The van der Waals surface area contributed by atoms with Crippen LogP contribution in [-0.2, 0) is 16.2 Å². The van der Waals surface area contributed by atoms with Gasteiger partial charge in [0.1, 0.15) is 12.2 Å². The van der Waals surface area contributed by atoms with E-state index in [1.54, 1.807) is 30.3 Å². The van der Waals surface area contributed by atoms with Crippen LogP contribution >= 0.6 is 23.2 Å². The van der Waals surface area contributed by atoms with Crippen LogP contribution in [0.1, 0.15) is 22.3 Å². The molecule has 3 aromatic rings. The summed E-state index contributed by atoms with van der Waals surface area (Å²) >= 11 is 12.5. The molecule has 0 spiro atoms. The molecule has 7 nitrogen and oxygen atoms in total. The Balaban J connectivity index is 1.64. The normalized spacial score (nSPS) is 14.8. The second kappa shape index (κ2) is 10.4. The number of hydrogen-bond donors (Lipinski definition) is 1. The average Bonchev–Trinajstić information content (AvgIpc) is 2.80. The average molecular weight is 525 g/mol. The van der Waals surface area contributed by atoms with Crippen molar-refractivity contribution in [3.05, 3.63) is 92.5 Å². The number of anilines is 1. The molecule has 1 aliphatic rings. The van der Waals surface area contributed by atoms with E-state index in [4.69, 9.17) is 32.7 Å². The number of urea groups is 1. The smallest absolute Gasteiger partial charge is 0.335 e. The molecule has 0 bridgehead atoms. The molecular formula is C27H22Cl2N2O5. The van der Waals surface area contributed by atoms with Crippen LogP contribution in [0, 0.1) is 13.8 Å². The van der Waals surface area contributed by atoms with Crippen LogP contribution in [0.3, 0.4) is 0 Å². The molecule has 1 heterocycles. The van der Waals surface area contributed by atoms with Crippen molar-refractivity contribution < 1.29 is 23.9 Å². The van der Waals surface area contributed by atoms with Gasteiger partial charge in [-0.25, -0.2) is 9.69 Å². The van der Waals surface area contributed by atoms with E-state index in [9.17, 15) is 14.4 Å². The lowest BCUT2D eigenvalue weighted by molar-refractivity contribution is -0.122. The van der Waals surface area contributed by atoms with Gasteiger partial charge < -0.3 is 9.47 Å². The molecule has 1 N–H and O–H groups in total. The van der Waals surface area contributed by atoms with Crippen LogP contribution in [0.15, 0.2) is 60.2 Å². The number of benzene rings is 3. The number of ether oxygens (including phenoxy) is 2. The fraction of sp³-hybridized carbons (Fsp3) is 0.148. The first kappa shape index (κ1) is 25.3. The Bertz CT molecular complexity index is 1400. The van der Waals surface area contributed by atoms with Crippen LogP contribution in [-0.4, -0.2) is 25.0 Å². The molecule has 184 valence electrons. The highest BCUT2D eigenvalue weighted by atomic mass is 35.5. The van der Waals surface area contributed by atoms with Gasteiger partial charge in [-0.2, -0.15) is 0 Å². The number of rotatable bonds is 6. The van der Waals surface area contributed by atoms with Crippen molar-refractivity contribution in [2.45, 2.75) is 20.5 Å². The molecule has 0 saturated carbocycles. The van der Waals surface area contributed by atoms with Gasteiger partial charge in [0.2, 0.25) is 0 Å². The van der Waals surface area contributed by atoms with Gasteiger partial charge in [0, 0.05) is 5.02 Å². The highest BCUT2D eigenvalue weighted by Crippen LogP contribution is 2.38. The second-order valence-electron chi connectivity index (χ2n) is 8.26. The molecule has 0 atom stereocenters. The van der Waals surface area contributed by atoms with Gasteiger partial charge in [-0.15, -0.1) is 0 Å². The Labute approximate surface area is 218 Å². The number of hydrogen-bond acceptors (Lipinski definition) is 5. The Morgan fingerprint density at radius 2 is 1.69 bits per heavy atom. The van der Waals surface area contributed by atoms with Gasteiger partial charge in [0.05, 0.1) is 17.8 Å². The highest BCUT2D eigenvalue weighted by Gasteiger charge is 2.37. The van der Waals surface area contributed by atoms with Crippen LogP contribution in [0.25, 0.3) is 6.08 Å². The Morgan fingerprint density at radius 1 is 0.972 bits per heavy atom. The summed E-state index contributed by atoms with van der Waals surface area (Å²) in [6.45, 7) is 4.29. The van der Waals surface area contributed by atoms with Crippen LogP contribution < -0.4 is 19.7 Å². The summed E-state index contributed by atoms with van der Waals surface area (Å²) in [5.74, 6) is -0.967. The summed E-state index contributed by atoms with van der Waals surface area (Å²) in [7, 11) is 1.46. The summed E-state index contributed by atoms with van der Waals surface area (Å²) in [5.41, 5.74) is 3.61. The molecule has 1 saturated heterocycles. The zero-order valence-corrected chi connectivity index (χ0v) is 21.2. The molecule has 0 unspecified atom stereocenters. The minimum atomic E-state index is -0.866. The second-order valence-corrected chi connectivity index (χ2v) is 9.10. The van der Waals surface area contributed by atoms with Crippen molar-refractivity contribution in [3.63, 3.8) is 0 Å². The number of amides is 4. The molecule has 3 aromatic carbocycles. The largest absolute Gasteiger partial charge is 0.493 e. The van der Waals surface area contributed by atoms with Gasteiger partial charge in [-0.3, -0.25) is 14.9 Å². The van der Waals surface area contributed by atoms with Crippen molar-refractivity contribution >= 4 is 52.8 Å². The van der Waals surface area contributed by atoms with Crippen molar-refractivity contribution in [3.8, 4) is 11.5 Å². The molecule has 4 amide bonds. The Morgan fingerprint density at radius 3 is 2.36 bits per heavy atom. The summed E-state index contributed by atoms with van der Waals surface area (Å²) in [6, 6.07) is 14.6. The third kappa shape index (κ3) is 5.37. The number of nitrogens with one attached hydrogen (secondary N) is 1. The van der Waals surface area contributed by atoms with Crippen molar-refractivity contribution in [1.29, 1.82) is 0 Å². The third-order valence-corrected chi connectivity index (χ3v) is 5.91. The number of barbiturate groups is 1. The minimum absolute atomic E-state index is 0.231. The lowest BCUT2D eigenvalue weighted by atomic mass is 10.1. The maximum Gasteiger partial charge on any atom is 0.335 e. The zero-order valence-electron chi connectivity index (χ0n) is 19.7. The quantitative estimate of drug-likeness (QED) is 0.322. The van der Waals surface area contributed by atoms with Crippen molar-refractivity contribution in [1.82, 2.24) is 5.32 Å². The fourth-order valence-corrected chi connectivity index (χ4v) is 4.40. The van der Waals surface area contributed by atoms with Gasteiger partial charge in [-0.05, 0) is 61.4 Å². The molecule has 0 aromatic heterocycles. The maximum atomic E-state index is 13.1. The van der Waals surface area contributed by atoms with Gasteiger partial charge in [-0.1, -0.05) is 58.6 Å². The monoisotopic (exact) mass is 524 g/mol. The summed E-state index contributed by atoms with van der Waals surface area (Å²) < 4.78 is 11.4. The van der Waals surface area contributed by atoms with Crippen LogP contribution in [0.5, 0.6) is 11.5 Å². The van der Waals surface area contributed by atoms with Gasteiger partial charge in [0.25, 0.3) is 11.8 Å². The number of methoxy groups -OCH3 is 1. The first-order chi connectivity index (χ1) is 17.2. The van der Waals surface area contributed by atoms with Crippen molar-refractivity contribution in [2.75, 3.05) is 12.0 Å². The number of imide groups is 2. The van der Waals surface area contributed by atoms with E-state index in [-0.39, 0.29) is 22.9 Å². The topological polar surface area (TPSA) is 84.9 Å². The number of aryl methyl sites for hydroxylation is 2. The van der Waals surface area contributed by atoms with E-state index < -0.39 is 17.8 Å². The summed E-state index contributed by atoms with van der Waals surface area (Å²) in [6.07, 6.45) is 1.34. The van der Waals surface area contributed by atoms with E-state index in [0.717, 1.165) is 21.6 Å². The predicted molar refractivity (Wildman–Crippen MR) is 139 cm³/mol. The molecule has 4 rings (SSSR count). The Hall–Kier alpha value is -3.81. The molecule has 1 fully saturated rings. The van der Waals surface area contributed by atoms with Gasteiger partial charge >= 0.3 is 6.03 Å². The van der Waals surface area contributed by atoms with Crippen LogP contribution in [0.2, 0.25) is 10.0 Å². The zero-order chi connectivity index (χ0) is 26.0. The molecule has 9 heteroatoms. The molecular weight excluding hydrogens is 503 g/mol. The fourth-order valence-electron chi connectivity index (χ4n) is 3.94. The van der Waals surface area contributed by atoms with Crippen molar-refractivity contribution in [2.24, 2.45) is 0 Å². The first-order valence-electron chi connectivity index (χ1n) is 10.9. The highest BCUT2D eigenvalue weighted by molar-refractivity contribution is 6.39. The van der Waals surface area contributed by atoms with E-state index in [1.165, 1.54) is 19.3 Å². The van der Waals surface area contributed by atoms with Crippen LogP contribution in [0.4, 0.5) is 10.5 Å². The molecule has 36 heavy (non-hydrogen) atoms. The minimum Gasteiger partial charge on any atom is -0.493 e. The summed E-state index contributed by atoms with van der Waals surface area (Å²) in [5, 5.41) is 2.75. The van der Waals surface area contributed by atoms with E-state index in [1.807, 2.05) is 26.0 Å². The number of halogens is 2. The molecule has 0 aliphatic carbocycles. The number of carbonyl (C=O) groups is 3. The number of nitrogens with zero attached hydrogens (tertiary/aromatic N) is 1. The standard InChI is InChI=1S/C27H22Cl2N2O5/c1-15-7-16(2)9-18(8-15)14-36-24-22(29)11-17(12-23(24)35-3)10-21-25(32)30-27(34)31(26(21)33)20-6-4-5-19(28)13-20/h4-13H,14H2,1-3H3,(H,30,32,34)/b21-10+. The maximum absolute atomic E-state index is 13.1. The molecule has 0 radical (unpaired) electrons. The summed E-state index contributed by atoms with van der Waals surface area (Å²) in [4.78, 5) is 38.9. The molecule has 1 aliphatic heterocycles. The lowest BCUT2D eigenvalue weighted by Crippen LogP contribution is -2.54. The van der Waals surface area contributed by atoms with Gasteiger partial charge in [0.15, 0.2) is 11.5 Å². The lowest BCUT2D eigenvalue weighted by Gasteiger charge is -2.26. The predicted octanol–water partition coefficient (Wildman–Crippen LogP) is 5.86. The SMILES string of the molecule is COc1cc(/C=C2\C(=O)NC(=O)N(c3cccc(Cl)c3)C2=O)cc(Cl)c1OCc1cc(C)cc(C)c1.